The summed E-state index contributed by atoms with van der Waals surface area (Å²) in [5.74, 6) is -0.0660. The Kier molecular flexibility index (Phi) is 1.61. The van der Waals surface area contributed by atoms with Crippen LogP contribution in [0.15, 0.2) is 22.9 Å². The number of carbonyl (C=O) groups excluding carboxylic acids is 1. The van der Waals surface area contributed by atoms with Crippen molar-refractivity contribution in [2.75, 3.05) is 13.6 Å². The van der Waals surface area contributed by atoms with Crippen LogP contribution in [0.2, 0.25) is 0 Å². The monoisotopic (exact) mass is 184 g/mol. The van der Waals surface area contributed by atoms with Crippen LogP contribution in [0.1, 0.15) is 0 Å². The van der Waals surface area contributed by atoms with Gasteiger partial charge in [0.25, 0.3) is 5.91 Å². The normalized spacial score (nSPS) is 25.5. The first-order valence-corrected chi connectivity index (χ1v) is 4.18. The van der Waals surface area contributed by atoms with E-state index < -0.39 is 0 Å². The Morgan fingerprint density at radius 1 is 1.83 bits per heavy atom. The molecule has 0 saturated carbocycles. The summed E-state index contributed by atoms with van der Waals surface area (Å²) in [5.41, 5.74) is 0.676. The molecule has 1 atom stereocenters. The topological polar surface area (TPSA) is 32.1 Å². The predicted molar refractivity (Wildman–Crippen MR) is 46.6 cm³/mol. The number of halogens is 1. The van der Waals surface area contributed by atoms with Crippen molar-refractivity contribution in [1.29, 1.82) is 0 Å². The fourth-order valence-corrected chi connectivity index (χ4v) is 1.59. The number of rotatable bonds is 1. The summed E-state index contributed by atoms with van der Waals surface area (Å²) in [6.45, 7) is 0.912. The summed E-state index contributed by atoms with van der Waals surface area (Å²) < 4.78 is 0. The number of likely N-dealkylation sites (N-methyl/N-ethyl adjacent to an activating group) is 1. The zero-order valence-corrected chi connectivity index (χ0v) is 7.43. The molecule has 0 unspecified atom stereocenters. The van der Waals surface area contributed by atoms with Gasteiger partial charge in [-0.05, 0) is 12.2 Å². The van der Waals surface area contributed by atoms with E-state index in [0.29, 0.717) is 16.8 Å². The summed E-state index contributed by atoms with van der Waals surface area (Å²) in [4.78, 5) is 13.2. The van der Waals surface area contributed by atoms with Gasteiger partial charge in [-0.2, -0.15) is 0 Å². The number of allylic oxidation sites excluding steroid dienone is 2. The minimum absolute atomic E-state index is 0.0660. The van der Waals surface area contributed by atoms with Crippen molar-refractivity contribution >= 4 is 17.5 Å². The molecule has 1 N–H and O–H groups in total. The molecule has 1 saturated heterocycles. The molecule has 2 aliphatic rings. The lowest BCUT2D eigenvalue weighted by Gasteiger charge is -2.11. The average Bonchev–Trinajstić information content (AvgIpc) is 2.80. The molecule has 64 valence electrons. The number of nitrogens with one attached hydrogen (secondary N) is 1. The minimum Gasteiger partial charge on any atom is -0.356 e. The second kappa shape index (κ2) is 2.52. The number of carbonyl (C=O) groups is 1. The first-order valence-electron chi connectivity index (χ1n) is 3.80. The van der Waals surface area contributed by atoms with Crippen LogP contribution in [-0.2, 0) is 4.79 Å². The van der Waals surface area contributed by atoms with Crippen molar-refractivity contribution in [3.63, 3.8) is 0 Å². The largest absolute Gasteiger partial charge is 0.356 e. The molecule has 0 aliphatic carbocycles. The smallest absolute Gasteiger partial charge is 0.267 e. The van der Waals surface area contributed by atoms with E-state index in [9.17, 15) is 4.79 Å². The van der Waals surface area contributed by atoms with Gasteiger partial charge in [0.2, 0.25) is 0 Å². The van der Waals surface area contributed by atoms with E-state index in [1.807, 2.05) is 11.0 Å². The minimum atomic E-state index is -0.0660. The van der Waals surface area contributed by atoms with E-state index in [1.165, 1.54) is 0 Å². The third-order valence-corrected chi connectivity index (χ3v) is 2.28. The fourth-order valence-electron chi connectivity index (χ4n) is 1.34. The fraction of sp³-hybridized carbons (Fsp3) is 0.375. The van der Waals surface area contributed by atoms with E-state index in [0.717, 1.165) is 6.54 Å². The van der Waals surface area contributed by atoms with Gasteiger partial charge in [0.15, 0.2) is 0 Å². The number of nitrogens with zero attached hydrogens (tertiary/aromatic N) is 1. The molecular formula is C8H9ClN2O. The van der Waals surface area contributed by atoms with Crippen molar-refractivity contribution < 1.29 is 4.79 Å². The van der Waals surface area contributed by atoms with Crippen LogP contribution in [0.5, 0.6) is 0 Å². The van der Waals surface area contributed by atoms with E-state index in [4.69, 9.17) is 11.6 Å². The highest BCUT2D eigenvalue weighted by Gasteiger charge is 2.38. The molecule has 0 spiro atoms. The summed E-state index contributed by atoms with van der Waals surface area (Å²) in [6.07, 6.45) is 3.65. The van der Waals surface area contributed by atoms with Crippen molar-refractivity contribution in [2.45, 2.75) is 6.04 Å². The van der Waals surface area contributed by atoms with Gasteiger partial charge in [-0.25, -0.2) is 0 Å². The van der Waals surface area contributed by atoms with Crippen LogP contribution in [0.3, 0.4) is 0 Å². The molecule has 2 aliphatic heterocycles. The molecule has 2 rings (SSSR count). The number of hydrogen-bond donors (Lipinski definition) is 1. The molecule has 0 aromatic rings. The maximum Gasteiger partial charge on any atom is 0.267 e. The Balaban J connectivity index is 2.25. The van der Waals surface area contributed by atoms with Gasteiger partial charge >= 0.3 is 0 Å². The molecule has 2 heterocycles. The Labute approximate surface area is 75.7 Å². The maximum atomic E-state index is 11.2. The highest BCUT2D eigenvalue weighted by atomic mass is 35.5. The van der Waals surface area contributed by atoms with Crippen LogP contribution in [-0.4, -0.2) is 30.4 Å². The first kappa shape index (κ1) is 7.68. The third-order valence-electron chi connectivity index (χ3n) is 2.05. The number of hydrogen-bond acceptors (Lipinski definition) is 2. The molecular weight excluding hydrogens is 176 g/mol. The van der Waals surface area contributed by atoms with Gasteiger partial charge in [-0.3, -0.25) is 4.79 Å². The van der Waals surface area contributed by atoms with Crippen LogP contribution in [0, 0.1) is 0 Å². The molecule has 4 heteroatoms. The van der Waals surface area contributed by atoms with Crippen molar-refractivity contribution in [2.24, 2.45) is 0 Å². The zero-order chi connectivity index (χ0) is 8.72. The molecule has 0 radical (unpaired) electrons. The predicted octanol–water partition coefficient (Wildman–Crippen LogP) is 0.437. The van der Waals surface area contributed by atoms with Crippen LogP contribution in [0.25, 0.3) is 0 Å². The molecule has 1 amide bonds. The highest BCUT2D eigenvalue weighted by molar-refractivity contribution is 6.31. The Morgan fingerprint density at radius 2 is 2.58 bits per heavy atom. The number of amides is 1. The molecule has 12 heavy (non-hydrogen) atoms. The Hall–Kier alpha value is -0.960. The third kappa shape index (κ3) is 1.10. The summed E-state index contributed by atoms with van der Waals surface area (Å²) in [5, 5.41) is 3.24. The van der Waals surface area contributed by atoms with Gasteiger partial charge in [-0.1, -0.05) is 11.6 Å². The first-order chi connectivity index (χ1) is 5.72. The average molecular weight is 185 g/mol. The lowest BCUT2D eigenvalue weighted by Crippen LogP contribution is -2.25. The highest BCUT2D eigenvalue weighted by Crippen LogP contribution is 2.32. The summed E-state index contributed by atoms with van der Waals surface area (Å²) >= 11 is 5.81. The van der Waals surface area contributed by atoms with E-state index in [2.05, 4.69) is 5.32 Å². The standard InChI is InChI=1S/C8H9ClN2O/c1-10-8(12)7-3-5(9)2-6-4-11(6)7/h2-3,6H,4H2,1H3,(H,10,12)/t6-,11?/m1/s1. The van der Waals surface area contributed by atoms with Gasteiger partial charge in [0.1, 0.15) is 5.70 Å². The Bertz CT molecular complexity index is 295. The maximum absolute atomic E-state index is 11.2. The Morgan fingerprint density at radius 3 is 3.25 bits per heavy atom. The van der Waals surface area contributed by atoms with Crippen LogP contribution >= 0.6 is 11.6 Å². The lowest BCUT2D eigenvalue weighted by atomic mass is 10.2. The molecule has 3 nitrogen and oxygen atoms in total. The van der Waals surface area contributed by atoms with Crippen LogP contribution < -0.4 is 5.32 Å². The van der Waals surface area contributed by atoms with E-state index in [1.54, 1.807) is 13.1 Å². The lowest BCUT2D eigenvalue weighted by molar-refractivity contribution is -0.117. The van der Waals surface area contributed by atoms with Crippen LogP contribution in [0.4, 0.5) is 0 Å². The van der Waals surface area contributed by atoms with Gasteiger partial charge in [0, 0.05) is 18.6 Å². The van der Waals surface area contributed by atoms with Gasteiger partial charge < -0.3 is 10.2 Å². The van der Waals surface area contributed by atoms with Crippen molar-refractivity contribution in [3.05, 3.63) is 22.9 Å². The second-order valence-electron chi connectivity index (χ2n) is 2.88. The SMILES string of the molecule is CNC(=O)C1=CC(Cl)=C[C@@H]2CN12. The van der Waals surface area contributed by atoms with Gasteiger partial charge in [0.05, 0.1) is 6.04 Å². The van der Waals surface area contributed by atoms with Gasteiger partial charge in [-0.15, -0.1) is 0 Å². The molecule has 0 aromatic carbocycles. The number of fused-ring (bicyclic) bond motifs is 1. The van der Waals surface area contributed by atoms with Crippen molar-refractivity contribution in [1.82, 2.24) is 10.2 Å². The van der Waals surface area contributed by atoms with E-state index >= 15 is 0 Å². The van der Waals surface area contributed by atoms with Crippen molar-refractivity contribution in [3.8, 4) is 0 Å². The molecule has 0 bridgehead atoms. The molecule has 1 fully saturated rings. The quantitative estimate of drug-likeness (QED) is 0.600. The molecule has 0 aromatic heterocycles. The second-order valence-corrected chi connectivity index (χ2v) is 3.32. The zero-order valence-electron chi connectivity index (χ0n) is 6.67. The summed E-state index contributed by atoms with van der Waals surface area (Å²) in [6, 6.07) is 0.356. The summed E-state index contributed by atoms with van der Waals surface area (Å²) in [7, 11) is 1.62. The van der Waals surface area contributed by atoms with E-state index in [-0.39, 0.29) is 5.91 Å².